The van der Waals surface area contributed by atoms with Crippen LogP contribution in [0, 0.1) is 0 Å². The van der Waals surface area contributed by atoms with Gasteiger partial charge < -0.3 is 151 Å². The van der Waals surface area contributed by atoms with E-state index in [2.05, 4.69) is 85.8 Å². The standard InChI is InChI=1S/2C21H24N10O10P2S2.C21H25N9O9P2S2/c2*22-9-1-2-24-15-11(9)25-7-30(15)19-13-14-21(39-19,5-35-13)6-37-43(34,45)40-10-3-8(4-36-42(33,44)41-14)38-18(10)31-16-12(28-29-31)17(32)27-20(23)26-16;22-11-1-3-24-17-10(11)2-4-29(17)15-6-12-14(37-15)8-35-41(33,43)39-13-5-9(7-34-40(32,42)38-12)36-20(13)30-18-16(27-28-30)19(31)26-21(23)25-18/h2*1-2,7-8,10,13-14,18-19H,3-6H2,(H2,22,24)(H,33,44)(H,34,45)(H3,23,26,27,32);1-4,9,12-15,20H,5-8H2,(H2,22,24)(H,32,42)(H,33,43)(H3,23,25,26,31)/t2*8-,10+,13+,14-,18+,19+,21+,42?,43?;9-,12-,13+,14+,15+,20+,40?,41?/m000/s1. The van der Waals surface area contributed by atoms with Crippen LogP contribution in [0.15, 0.2) is 76.1 Å². The van der Waals surface area contributed by atoms with Gasteiger partial charge in [-0.15, -0.1) is 15.3 Å². The number of pyridine rings is 3. The van der Waals surface area contributed by atoms with Gasteiger partial charge in [-0.1, -0.05) is 15.6 Å². The van der Waals surface area contributed by atoms with Gasteiger partial charge in [0.2, 0.25) is 17.8 Å². The van der Waals surface area contributed by atoms with E-state index >= 15 is 0 Å². The first-order chi connectivity index (χ1) is 63.3. The van der Waals surface area contributed by atoms with Crippen LogP contribution in [-0.2, 0) is 163 Å². The minimum atomic E-state index is -4.04. The number of imidazole rings is 2. The first-order valence-electron chi connectivity index (χ1n) is 39.6. The molecule has 0 amide bonds. The molecule has 0 aliphatic carbocycles. The number of aromatic amines is 3. The zero-order valence-corrected chi connectivity index (χ0v) is 77.5. The van der Waals surface area contributed by atoms with Crippen LogP contribution in [-0.4, -0.2) is 280 Å². The van der Waals surface area contributed by atoms with E-state index in [4.69, 9.17) is 197 Å². The Morgan fingerprint density at radius 3 is 1.17 bits per heavy atom. The highest BCUT2D eigenvalue weighted by atomic mass is 32.5. The van der Waals surface area contributed by atoms with E-state index in [1.807, 2.05) is 6.07 Å². The second-order valence-electron chi connectivity index (χ2n) is 31.7. The van der Waals surface area contributed by atoms with Gasteiger partial charge in [-0.3, -0.25) is 47.5 Å². The van der Waals surface area contributed by atoms with E-state index in [-0.39, 0.29) is 130 Å². The average molecular weight is 2080 g/mol. The molecule has 6 unspecified atom stereocenters. The van der Waals surface area contributed by atoms with Crippen LogP contribution >= 0.6 is 40.3 Å². The van der Waals surface area contributed by atoms with Crippen molar-refractivity contribution in [1.29, 1.82) is 0 Å². The van der Waals surface area contributed by atoms with E-state index in [9.17, 15) is 43.7 Å². The molecule has 23 heterocycles. The van der Waals surface area contributed by atoms with Gasteiger partial charge in [0.1, 0.15) is 82.9 Å². The number of nitrogens with zero attached hydrogens (tertiary/aromatic N) is 20. The largest absolute Gasteiger partial charge is 0.398 e. The third-order valence-electron chi connectivity index (χ3n) is 23.0. The summed E-state index contributed by atoms with van der Waals surface area (Å²) in [6, 6.07) is 6.75. The number of ether oxygens (including phenoxy) is 8. The summed E-state index contributed by atoms with van der Waals surface area (Å²) in [7, 11) is 0. The Balaban J connectivity index is 0.000000120. The molecule has 11 aliphatic heterocycles. The van der Waals surface area contributed by atoms with E-state index in [0.717, 1.165) is 5.39 Å². The monoisotopic (exact) mass is 2080 g/mol. The highest BCUT2D eigenvalue weighted by Crippen LogP contribution is 2.62. The highest BCUT2D eigenvalue weighted by molar-refractivity contribution is 8.08. The van der Waals surface area contributed by atoms with Gasteiger partial charge in [-0.05, 0) is 95.1 Å². The summed E-state index contributed by atoms with van der Waals surface area (Å²) in [5, 5.41) is 24.4. The van der Waals surface area contributed by atoms with Crippen molar-refractivity contribution in [3.8, 4) is 0 Å². The number of nitrogens with two attached hydrogens (primary N) is 6. The van der Waals surface area contributed by atoms with Gasteiger partial charge in [0, 0.05) is 61.5 Å². The fourth-order valence-corrected chi connectivity index (χ4v) is 26.0. The minimum Gasteiger partial charge on any atom is -0.398 e. The van der Waals surface area contributed by atoms with E-state index in [1.165, 1.54) is 39.1 Å². The number of hydrogen-bond acceptors (Lipinski definition) is 49. The molecule has 11 saturated heterocycles. The molecular formula is C63H73N29O29P6S6. The van der Waals surface area contributed by atoms with Gasteiger partial charge in [0.25, 0.3) is 16.7 Å². The van der Waals surface area contributed by atoms with Crippen molar-refractivity contribution in [1.82, 2.24) is 114 Å². The molecule has 0 aromatic carbocycles. The lowest BCUT2D eigenvalue weighted by atomic mass is 10.0. The number of aromatic nitrogens is 23. The minimum absolute atomic E-state index is 0.00449. The van der Waals surface area contributed by atoms with Crippen LogP contribution < -0.4 is 51.1 Å². The molecule has 58 nitrogen and oxygen atoms in total. The summed E-state index contributed by atoms with van der Waals surface area (Å²) >= 11 is 32.3. The van der Waals surface area contributed by atoms with E-state index < -0.39 is 179 Å². The van der Waals surface area contributed by atoms with Crippen molar-refractivity contribution < 1.29 is 122 Å². The topological polar surface area (TPSA) is 771 Å². The third-order valence-corrected chi connectivity index (χ3v) is 32.4. The molecule has 710 valence electrons. The van der Waals surface area contributed by atoms with Crippen molar-refractivity contribution in [2.24, 2.45) is 0 Å². The maximum Gasteiger partial charge on any atom is 0.325 e. The third kappa shape index (κ3) is 17.5. The quantitative estimate of drug-likeness (QED) is 0.0907. The molecule has 70 heteroatoms. The van der Waals surface area contributed by atoms with Crippen molar-refractivity contribution in [2.45, 2.75) is 148 Å². The molecule has 0 spiro atoms. The van der Waals surface area contributed by atoms with Gasteiger partial charge in [-0.25, -0.2) is 24.9 Å². The average Bonchev–Trinajstić information content (AvgIpc) is 1.56. The summed E-state index contributed by atoms with van der Waals surface area (Å²) in [5.41, 5.74) is 34.2. The SMILES string of the molecule is Nc1nc2c(nnn2[C@@H]2O[C@@H]3COP(O)(=S)O[C@H]4C[C@H](n5ccc6c(N)ccnc65)O[C@@H]4COP(O)(=S)O[C@@H]2C3)c(=O)[nH]1.Nc1nc2c(nnn2[C@@H]2O[C@@H]3COP(O)(=S)O[C@H]4[C@H]5OC[C@]4(COP(O)(=S)O[C@@H]2C3)O[C@H]5n2cnc3c(N)ccnc32)c(=O)[nH]1.Nc1nc2c(nnn2[C@@H]2O[C@@H]3COP(O)(=S)O[C@H]4[C@H]5OC[C@]4(COP(O)(=S)O[C@@H]2C3)O[C@H]5n2cnc3c(N)ccnc32)c(=O)[nH]1. The fourth-order valence-electron chi connectivity index (χ4n) is 17.2. The van der Waals surface area contributed by atoms with Crippen molar-refractivity contribution in [2.75, 3.05) is 87.3 Å². The summed E-state index contributed by atoms with van der Waals surface area (Å²) in [6.45, 7) is -25.6. The first kappa shape index (κ1) is 91.8. The van der Waals surface area contributed by atoms with Gasteiger partial charge in [0.15, 0.2) is 75.9 Å². The Morgan fingerprint density at radius 1 is 0.383 bits per heavy atom. The summed E-state index contributed by atoms with van der Waals surface area (Å²) in [5.74, 6) is -0.513. The number of fused-ring (bicyclic) bond motifs is 13. The van der Waals surface area contributed by atoms with Crippen LogP contribution in [0.1, 0.15) is 63.1 Å². The van der Waals surface area contributed by atoms with Crippen molar-refractivity contribution >= 4 is 213 Å². The Bertz CT molecular complexity index is 6890. The summed E-state index contributed by atoms with van der Waals surface area (Å²) in [6.07, 6.45) is -6.17. The summed E-state index contributed by atoms with van der Waals surface area (Å²) < 4.78 is 128. The van der Waals surface area contributed by atoms with Crippen LogP contribution in [0.4, 0.5) is 34.9 Å². The maximum atomic E-state index is 12.3. The van der Waals surface area contributed by atoms with Crippen molar-refractivity contribution in [3.63, 3.8) is 0 Å². The van der Waals surface area contributed by atoms with Crippen LogP contribution in [0.3, 0.4) is 0 Å². The summed E-state index contributed by atoms with van der Waals surface area (Å²) in [4.78, 5) is 145. The maximum absolute atomic E-state index is 12.3. The van der Waals surface area contributed by atoms with Gasteiger partial charge in [0.05, 0.1) is 101 Å². The fraction of sp³-hybridized carbons (Fsp3) is 0.508. The molecule has 21 N–H and O–H groups in total. The Kier molecular flexibility index (Phi) is 23.8. The molecule has 133 heavy (non-hydrogen) atoms. The Morgan fingerprint density at radius 2 is 0.752 bits per heavy atom. The predicted octanol–water partition coefficient (Wildman–Crippen LogP) is -0.788. The predicted molar refractivity (Wildman–Crippen MR) is 472 cm³/mol. The lowest BCUT2D eigenvalue weighted by molar-refractivity contribution is -0.183. The highest BCUT2D eigenvalue weighted by Gasteiger charge is 2.67. The first-order valence-corrected chi connectivity index (χ1v) is 55.2. The van der Waals surface area contributed by atoms with E-state index in [0.29, 0.717) is 45.0 Å². The Hall–Kier alpha value is -7.57. The molecule has 0 saturated carbocycles. The molecule has 11 fully saturated rings. The molecule has 12 aromatic rings. The molecule has 12 aromatic heterocycles. The smallest absolute Gasteiger partial charge is 0.325 e. The van der Waals surface area contributed by atoms with Crippen LogP contribution in [0.2, 0.25) is 0 Å². The number of nitrogen functional groups attached to an aromatic ring is 6. The number of rotatable bonds is 6. The number of nitrogens with one attached hydrogen (secondary N) is 3. The van der Waals surface area contributed by atoms with E-state index in [1.54, 1.807) is 44.3 Å². The molecule has 11 aliphatic rings. The molecule has 10 bridgehead atoms. The number of anilines is 6. The lowest BCUT2D eigenvalue weighted by Gasteiger charge is -2.33. The number of hydrogen-bond donors (Lipinski definition) is 15. The zero-order valence-electron chi connectivity index (χ0n) is 67.3. The van der Waals surface area contributed by atoms with Crippen LogP contribution in [0.25, 0.3) is 66.9 Å². The van der Waals surface area contributed by atoms with Crippen LogP contribution in [0.5, 0.6) is 0 Å². The molecule has 26 atom stereocenters. The van der Waals surface area contributed by atoms with Gasteiger partial charge >= 0.3 is 40.3 Å². The molecule has 23 rings (SSSR count). The zero-order chi connectivity index (χ0) is 92.7. The normalized spacial score (nSPS) is 37.6. The molecule has 0 radical (unpaired) electrons. The second-order valence-corrected chi connectivity index (χ2v) is 48.4. The number of H-pyrrole nitrogens is 3. The Labute approximate surface area is 770 Å². The second kappa shape index (κ2) is 34.5. The molecular weight excluding hydrogens is 2010 g/mol. The lowest BCUT2D eigenvalue weighted by Crippen LogP contribution is -2.45. The van der Waals surface area contributed by atoms with Crippen molar-refractivity contribution in [3.05, 3.63) is 92.8 Å². The van der Waals surface area contributed by atoms with Gasteiger partial charge in [-0.2, -0.15) is 29.0 Å².